The Morgan fingerprint density at radius 1 is 1.11 bits per heavy atom. The number of aromatic nitrogens is 2. The lowest BCUT2D eigenvalue weighted by atomic mass is 10.2. The highest BCUT2D eigenvalue weighted by molar-refractivity contribution is 6.30. The van der Waals surface area contributed by atoms with Gasteiger partial charge in [-0.2, -0.15) is 0 Å². The first-order valence-corrected chi connectivity index (χ1v) is 6.59. The van der Waals surface area contributed by atoms with E-state index in [1.165, 1.54) is 12.1 Å². The molecule has 0 bridgehead atoms. The molecular weight excluding hydrogens is 286 g/mol. The lowest BCUT2D eigenvalue weighted by Gasteiger charge is -2.07. The molecule has 96 valence electrons. The van der Waals surface area contributed by atoms with Crippen LogP contribution >= 0.6 is 23.2 Å². The van der Waals surface area contributed by atoms with Crippen molar-refractivity contribution in [3.63, 3.8) is 0 Å². The van der Waals surface area contributed by atoms with Crippen LogP contribution in [-0.2, 0) is 5.88 Å². The summed E-state index contributed by atoms with van der Waals surface area (Å²) < 4.78 is 15.1. The molecule has 0 aliphatic carbocycles. The Morgan fingerprint density at radius 3 is 2.53 bits per heavy atom. The van der Waals surface area contributed by atoms with Gasteiger partial charge in [-0.05, 0) is 36.4 Å². The van der Waals surface area contributed by atoms with Crippen molar-refractivity contribution >= 4 is 34.2 Å². The number of rotatable bonds is 2. The molecule has 0 aliphatic heterocycles. The summed E-state index contributed by atoms with van der Waals surface area (Å²) >= 11 is 11.8. The number of alkyl halides is 1. The molecular formula is C14H9Cl2FN2. The van der Waals surface area contributed by atoms with Gasteiger partial charge < -0.3 is 0 Å². The molecule has 0 aliphatic rings. The summed E-state index contributed by atoms with van der Waals surface area (Å²) in [6.07, 6.45) is 0. The summed E-state index contributed by atoms with van der Waals surface area (Å²) in [5.41, 5.74) is 2.30. The Morgan fingerprint density at radius 2 is 1.84 bits per heavy atom. The van der Waals surface area contributed by atoms with Crippen LogP contribution < -0.4 is 0 Å². The van der Waals surface area contributed by atoms with E-state index in [1.54, 1.807) is 18.2 Å². The van der Waals surface area contributed by atoms with E-state index in [-0.39, 0.29) is 11.7 Å². The number of nitrogens with zero attached hydrogens (tertiary/aromatic N) is 2. The maximum Gasteiger partial charge on any atom is 0.129 e. The fraction of sp³-hybridized carbons (Fsp3) is 0.0714. The molecule has 0 atom stereocenters. The zero-order valence-corrected chi connectivity index (χ0v) is 11.3. The Bertz CT molecular complexity index is 735. The quantitative estimate of drug-likeness (QED) is 0.634. The summed E-state index contributed by atoms with van der Waals surface area (Å²) in [4.78, 5) is 4.35. The van der Waals surface area contributed by atoms with Crippen LogP contribution in [0.5, 0.6) is 0 Å². The van der Waals surface area contributed by atoms with Gasteiger partial charge in [-0.15, -0.1) is 11.6 Å². The minimum Gasteiger partial charge on any atom is -0.295 e. The van der Waals surface area contributed by atoms with Crippen LogP contribution in [0, 0.1) is 5.82 Å². The van der Waals surface area contributed by atoms with E-state index in [9.17, 15) is 4.39 Å². The van der Waals surface area contributed by atoms with Gasteiger partial charge in [-0.3, -0.25) is 4.57 Å². The van der Waals surface area contributed by atoms with Crippen LogP contribution in [-0.4, -0.2) is 9.55 Å². The number of halogens is 3. The van der Waals surface area contributed by atoms with E-state index in [0.29, 0.717) is 16.4 Å². The molecule has 0 saturated carbocycles. The molecule has 0 spiro atoms. The third kappa shape index (κ3) is 2.20. The molecule has 3 rings (SSSR count). The smallest absolute Gasteiger partial charge is 0.129 e. The maximum atomic E-state index is 13.2. The van der Waals surface area contributed by atoms with E-state index in [2.05, 4.69) is 4.98 Å². The van der Waals surface area contributed by atoms with E-state index < -0.39 is 0 Å². The van der Waals surface area contributed by atoms with Crippen molar-refractivity contribution in [2.24, 2.45) is 0 Å². The predicted molar refractivity (Wildman–Crippen MR) is 75.6 cm³/mol. The fourth-order valence-corrected chi connectivity index (χ4v) is 2.38. The second kappa shape index (κ2) is 4.83. The topological polar surface area (TPSA) is 17.8 Å². The maximum absolute atomic E-state index is 13.2. The molecule has 0 N–H and O–H groups in total. The highest BCUT2D eigenvalue weighted by Gasteiger charge is 2.12. The first-order valence-electron chi connectivity index (χ1n) is 5.68. The van der Waals surface area contributed by atoms with Crippen molar-refractivity contribution in [1.29, 1.82) is 0 Å². The summed E-state index contributed by atoms with van der Waals surface area (Å²) in [6.45, 7) is 0. The normalized spacial score (nSPS) is 11.1. The van der Waals surface area contributed by atoms with Gasteiger partial charge in [0.2, 0.25) is 0 Å². The Kier molecular flexibility index (Phi) is 3.17. The van der Waals surface area contributed by atoms with Crippen molar-refractivity contribution in [3.8, 4) is 5.69 Å². The Labute approximate surface area is 119 Å². The molecule has 2 aromatic carbocycles. The summed E-state index contributed by atoms with van der Waals surface area (Å²) in [7, 11) is 0. The number of benzene rings is 2. The molecule has 2 nitrogen and oxygen atoms in total. The summed E-state index contributed by atoms with van der Waals surface area (Å²) in [5, 5.41) is 0.659. The average Bonchev–Trinajstić information content (AvgIpc) is 2.77. The zero-order chi connectivity index (χ0) is 13.4. The molecule has 0 unspecified atom stereocenters. The highest BCUT2D eigenvalue weighted by atomic mass is 35.5. The predicted octanol–water partition coefficient (Wildman–Crippen LogP) is 4.56. The molecule has 0 saturated heterocycles. The van der Waals surface area contributed by atoms with E-state index in [1.807, 2.05) is 16.7 Å². The van der Waals surface area contributed by atoms with Gasteiger partial charge in [0.15, 0.2) is 0 Å². The minimum absolute atomic E-state index is 0.249. The Balaban J connectivity index is 2.29. The number of hydrogen-bond acceptors (Lipinski definition) is 1. The molecule has 0 fully saturated rings. The van der Waals surface area contributed by atoms with Crippen LogP contribution in [0.1, 0.15) is 5.82 Å². The standard InChI is InChI=1S/C14H9Cl2FN2/c15-8-14-18-12-7-10(17)3-6-13(12)19(14)11-4-1-9(16)2-5-11/h1-7H,8H2. The van der Waals surface area contributed by atoms with Crippen molar-refractivity contribution in [2.75, 3.05) is 0 Å². The van der Waals surface area contributed by atoms with Gasteiger partial charge in [0.05, 0.1) is 16.9 Å². The second-order valence-corrected chi connectivity index (χ2v) is 4.81. The van der Waals surface area contributed by atoms with Gasteiger partial charge in [0.1, 0.15) is 11.6 Å². The van der Waals surface area contributed by atoms with Crippen LogP contribution in [0.3, 0.4) is 0 Å². The third-order valence-electron chi connectivity index (χ3n) is 2.89. The average molecular weight is 295 g/mol. The first-order chi connectivity index (χ1) is 9.19. The summed E-state index contributed by atoms with van der Waals surface area (Å²) in [5.74, 6) is 0.609. The van der Waals surface area contributed by atoms with E-state index >= 15 is 0 Å². The third-order valence-corrected chi connectivity index (χ3v) is 3.38. The fourth-order valence-electron chi connectivity index (χ4n) is 2.07. The molecule has 19 heavy (non-hydrogen) atoms. The van der Waals surface area contributed by atoms with Gasteiger partial charge in [0, 0.05) is 16.8 Å². The van der Waals surface area contributed by atoms with Crippen molar-refractivity contribution in [2.45, 2.75) is 5.88 Å². The molecule has 1 heterocycles. The van der Waals surface area contributed by atoms with Crippen LogP contribution in [0.15, 0.2) is 42.5 Å². The largest absolute Gasteiger partial charge is 0.295 e. The van der Waals surface area contributed by atoms with Crippen molar-refractivity contribution < 1.29 is 4.39 Å². The number of fused-ring (bicyclic) bond motifs is 1. The first kappa shape index (κ1) is 12.5. The number of hydrogen-bond donors (Lipinski definition) is 0. The minimum atomic E-state index is -0.311. The van der Waals surface area contributed by atoms with Gasteiger partial charge in [-0.25, -0.2) is 9.37 Å². The molecule has 3 aromatic rings. The van der Waals surface area contributed by atoms with Gasteiger partial charge in [-0.1, -0.05) is 11.6 Å². The van der Waals surface area contributed by atoms with Crippen LogP contribution in [0.2, 0.25) is 5.02 Å². The highest BCUT2D eigenvalue weighted by Crippen LogP contribution is 2.24. The SMILES string of the molecule is Fc1ccc2c(c1)nc(CCl)n2-c1ccc(Cl)cc1. The molecule has 1 aromatic heterocycles. The Hall–Kier alpha value is -1.58. The van der Waals surface area contributed by atoms with E-state index in [4.69, 9.17) is 23.2 Å². The summed E-state index contributed by atoms with van der Waals surface area (Å²) in [6, 6.07) is 11.9. The van der Waals surface area contributed by atoms with Crippen LogP contribution in [0.25, 0.3) is 16.7 Å². The zero-order valence-electron chi connectivity index (χ0n) is 9.78. The van der Waals surface area contributed by atoms with Crippen LogP contribution in [0.4, 0.5) is 4.39 Å². The van der Waals surface area contributed by atoms with Crippen molar-refractivity contribution in [3.05, 3.63) is 59.1 Å². The second-order valence-electron chi connectivity index (χ2n) is 4.11. The van der Waals surface area contributed by atoms with Gasteiger partial charge >= 0.3 is 0 Å². The van der Waals surface area contributed by atoms with Gasteiger partial charge in [0.25, 0.3) is 0 Å². The lowest BCUT2D eigenvalue weighted by molar-refractivity contribution is 0.629. The molecule has 5 heteroatoms. The monoisotopic (exact) mass is 294 g/mol. The van der Waals surface area contributed by atoms with Crippen molar-refractivity contribution in [1.82, 2.24) is 9.55 Å². The number of imidazole rings is 1. The molecule has 0 radical (unpaired) electrons. The molecule has 0 amide bonds. The van der Waals surface area contributed by atoms with E-state index in [0.717, 1.165) is 11.2 Å². The lowest BCUT2D eigenvalue weighted by Crippen LogP contribution is -1.98.